The lowest BCUT2D eigenvalue weighted by Gasteiger charge is -2.34. The Balaban J connectivity index is 2.01. The van der Waals surface area contributed by atoms with Crippen molar-refractivity contribution < 1.29 is 24.2 Å². The average Bonchev–Trinajstić information content (AvgIpc) is 2.67. The van der Waals surface area contributed by atoms with Crippen LogP contribution in [0.15, 0.2) is 22.2 Å². The van der Waals surface area contributed by atoms with Crippen LogP contribution in [0.1, 0.15) is 12.8 Å². The van der Waals surface area contributed by atoms with Crippen LogP contribution in [-0.4, -0.2) is 41.1 Å². The lowest BCUT2D eigenvalue weighted by atomic mass is 10.0. The third kappa shape index (κ3) is 2.58. The molecule has 0 aromatic rings. The fourth-order valence-electron chi connectivity index (χ4n) is 2.00. The fraction of sp³-hybridized carbons (Fsp3) is 0.364. The highest BCUT2D eigenvalue weighted by Crippen LogP contribution is 2.43. The molecular weight excluding hydrogens is 272 g/mol. The van der Waals surface area contributed by atoms with E-state index < -0.39 is 12.1 Å². The third-order valence-electron chi connectivity index (χ3n) is 2.84. The van der Waals surface area contributed by atoms with Crippen LogP contribution in [0.3, 0.4) is 0 Å². The van der Waals surface area contributed by atoms with Gasteiger partial charge in [0, 0.05) is 23.9 Å². The van der Waals surface area contributed by atoms with Gasteiger partial charge in [-0.3, -0.25) is 10.1 Å². The van der Waals surface area contributed by atoms with Gasteiger partial charge in [0.1, 0.15) is 5.70 Å². The molecule has 1 saturated heterocycles. The number of rotatable bonds is 4. The molecule has 19 heavy (non-hydrogen) atoms. The minimum atomic E-state index is -1.10. The summed E-state index contributed by atoms with van der Waals surface area (Å²) in [5.74, 6) is -1.26. The lowest BCUT2D eigenvalue weighted by molar-refractivity contribution is -0.147. The van der Waals surface area contributed by atoms with Gasteiger partial charge in [0.2, 0.25) is 5.91 Å². The highest BCUT2D eigenvalue weighted by Gasteiger charge is 2.47. The molecule has 7 nitrogen and oxygen atoms in total. The molecular formula is C11H12N2O5S. The number of alkyl carbamates (subject to hydrolysis) is 1. The summed E-state index contributed by atoms with van der Waals surface area (Å²) in [6, 6.07) is -0.0249. The number of hydrogen-bond donors (Lipinski definition) is 2. The molecule has 2 heterocycles. The normalized spacial score (nSPS) is 21.4. The van der Waals surface area contributed by atoms with E-state index in [4.69, 9.17) is 5.11 Å². The number of ether oxygens (including phenoxy) is 1. The fourth-order valence-corrected chi connectivity index (χ4v) is 2.89. The number of carbonyl (C=O) groups excluding carboxylic acids is 2. The molecule has 0 aliphatic carbocycles. The standard InChI is InChI=1S/C11H12N2O5S/c1-18-11(17)12-2-3-19-7-4-6-5-8(14)13(6)9(7)10(15)16/h2-3,6H,4-5H2,1H3,(H,12,17)(H,15,16). The summed E-state index contributed by atoms with van der Waals surface area (Å²) in [5, 5.41) is 13.0. The number of methoxy groups -OCH3 is 1. The molecule has 0 saturated carbocycles. The van der Waals surface area contributed by atoms with Gasteiger partial charge < -0.3 is 14.7 Å². The van der Waals surface area contributed by atoms with Crippen LogP contribution < -0.4 is 5.32 Å². The quantitative estimate of drug-likeness (QED) is 0.743. The number of carboxylic acid groups (broad SMARTS) is 1. The number of nitrogens with one attached hydrogen (secondary N) is 1. The highest BCUT2D eigenvalue weighted by molar-refractivity contribution is 8.05. The first-order valence-corrected chi connectivity index (χ1v) is 6.37. The van der Waals surface area contributed by atoms with Gasteiger partial charge in [0.15, 0.2) is 0 Å². The number of β-lactam (4-membered cyclic amide) rings is 1. The molecule has 8 heteroatoms. The van der Waals surface area contributed by atoms with Crippen molar-refractivity contribution in [3.8, 4) is 0 Å². The van der Waals surface area contributed by atoms with Gasteiger partial charge in [-0.2, -0.15) is 0 Å². The highest BCUT2D eigenvalue weighted by atomic mass is 32.2. The summed E-state index contributed by atoms with van der Waals surface area (Å²) >= 11 is 1.18. The lowest BCUT2D eigenvalue weighted by Crippen LogP contribution is -2.49. The maximum Gasteiger partial charge on any atom is 0.410 e. The molecule has 0 spiro atoms. The van der Waals surface area contributed by atoms with Crippen LogP contribution >= 0.6 is 11.8 Å². The van der Waals surface area contributed by atoms with Gasteiger partial charge in [-0.1, -0.05) is 11.8 Å². The van der Waals surface area contributed by atoms with Crippen LogP contribution in [0.25, 0.3) is 0 Å². The second-order valence-electron chi connectivity index (χ2n) is 3.96. The molecule has 0 aromatic carbocycles. The van der Waals surface area contributed by atoms with Crippen LogP contribution in [-0.2, 0) is 14.3 Å². The zero-order valence-electron chi connectivity index (χ0n) is 10.1. The van der Waals surface area contributed by atoms with Crippen molar-refractivity contribution >= 4 is 29.7 Å². The van der Waals surface area contributed by atoms with Gasteiger partial charge >= 0.3 is 12.1 Å². The zero-order valence-corrected chi connectivity index (χ0v) is 10.9. The molecule has 1 fully saturated rings. The number of thioether (sulfide) groups is 1. The van der Waals surface area contributed by atoms with E-state index in [1.807, 2.05) is 0 Å². The Kier molecular flexibility index (Phi) is 3.79. The summed E-state index contributed by atoms with van der Waals surface area (Å²) in [5.41, 5.74) is 0.0500. The molecule has 0 radical (unpaired) electrons. The Labute approximate surface area is 113 Å². The Morgan fingerprint density at radius 3 is 2.84 bits per heavy atom. The van der Waals surface area contributed by atoms with Crippen molar-refractivity contribution in [1.82, 2.24) is 10.2 Å². The molecule has 0 bridgehead atoms. The molecule has 2 N–H and O–H groups in total. The minimum Gasteiger partial charge on any atom is -0.477 e. The van der Waals surface area contributed by atoms with Crippen LogP contribution in [0.5, 0.6) is 0 Å². The minimum absolute atomic E-state index is 0.0249. The summed E-state index contributed by atoms with van der Waals surface area (Å²) in [6.45, 7) is 0. The molecule has 2 amide bonds. The summed E-state index contributed by atoms with van der Waals surface area (Å²) in [4.78, 5) is 35.2. The molecule has 1 atom stereocenters. The Bertz CT molecular complexity index is 499. The zero-order chi connectivity index (χ0) is 14.0. The Morgan fingerprint density at radius 2 is 2.26 bits per heavy atom. The van der Waals surface area contributed by atoms with Crippen LogP contribution in [0.2, 0.25) is 0 Å². The predicted molar refractivity (Wildman–Crippen MR) is 66.8 cm³/mol. The first-order chi connectivity index (χ1) is 9.04. The maximum absolute atomic E-state index is 11.4. The molecule has 1 unspecified atom stereocenters. The van der Waals surface area contributed by atoms with E-state index in [-0.39, 0.29) is 17.6 Å². The number of fused-ring (bicyclic) bond motifs is 1. The maximum atomic E-state index is 11.4. The van der Waals surface area contributed by atoms with Crippen molar-refractivity contribution in [3.63, 3.8) is 0 Å². The van der Waals surface area contributed by atoms with Crippen molar-refractivity contribution in [2.75, 3.05) is 7.11 Å². The smallest absolute Gasteiger partial charge is 0.410 e. The predicted octanol–water partition coefficient (Wildman–Crippen LogP) is 0.848. The van der Waals surface area contributed by atoms with Crippen LogP contribution in [0, 0.1) is 0 Å². The van der Waals surface area contributed by atoms with Crippen LogP contribution in [0.4, 0.5) is 4.79 Å². The van der Waals surface area contributed by atoms with E-state index in [1.165, 1.54) is 30.0 Å². The number of amides is 2. The Hall–Kier alpha value is -1.96. The van der Waals surface area contributed by atoms with E-state index in [0.717, 1.165) is 0 Å². The molecule has 2 rings (SSSR count). The number of nitrogens with zero attached hydrogens (tertiary/aromatic N) is 1. The molecule has 2 aliphatic rings. The number of aliphatic carboxylic acids is 1. The largest absolute Gasteiger partial charge is 0.477 e. The number of carbonyl (C=O) groups is 3. The van der Waals surface area contributed by atoms with E-state index in [9.17, 15) is 14.4 Å². The van der Waals surface area contributed by atoms with Crippen molar-refractivity contribution in [2.45, 2.75) is 18.9 Å². The monoisotopic (exact) mass is 284 g/mol. The van der Waals surface area contributed by atoms with E-state index >= 15 is 0 Å². The second-order valence-corrected chi connectivity index (χ2v) is 4.96. The molecule has 0 aromatic heterocycles. The van der Waals surface area contributed by atoms with Gasteiger partial charge in [-0.15, -0.1) is 0 Å². The Morgan fingerprint density at radius 1 is 1.53 bits per heavy atom. The summed E-state index contributed by atoms with van der Waals surface area (Å²) in [6.07, 6.45) is 1.70. The molecule has 102 valence electrons. The average molecular weight is 284 g/mol. The summed E-state index contributed by atoms with van der Waals surface area (Å²) < 4.78 is 4.37. The first kappa shape index (κ1) is 13.5. The molecule has 2 aliphatic heterocycles. The van der Waals surface area contributed by atoms with Gasteiger partial charge in [-0.05, 0) is 5.41 Å². The van der Waals surface area contributed by atoms with Crippen molar-refractivity contribution in [3.05, 3.63) is 22.2 Å². The SMILES string of the molecule is COC(=O)NC=CSC1=C(C(=O)O)N2C(=O)CC2C1. The van der Waals surface area contributed by atoms with Crippen molar-refractivity contribution in [1.29, 1.82) is 0 Å². The third-order valence-corrected chi connectivity index (χ3v) is 3.75. The van der Waals surface area contributed by atoms with Gasteiger partial charge in [0.25, 0.3) is 0 Å². The first-order valence-electron chi connectivity index (χ1n) is 5.49. The van der Waals surface area contributed by atoms with Gasteiger partial charge in [-0.25, -0.2) is 9.59 Å². The topological polar surface area (TPSA) is 95.9 Å². The second kappa shape index (κ2) is 5.35. The van der Waals surface area contributed by atoms with Crippen molar-refractivity contribution in [2.24, 2.45) is 0 Å². The summed E-state index contributed by atoms with van der Waals surface area (Å²) in [7, 11) is 1.24. The number of hydrogen-bond acceptors (Lipinski definition) is 5. The number of carboxylic acids is 1. The van der Waals surface area contributed by atoms with E-state index in [0.29, 0.717) is 17.7 Å². The van der Waals surface area contributed by atoms with E-state index in [1.54, 1.807) is 5.41 Å². The van der Waals surface area contributed by atoms with E-state index in [2.05, 4.69) is 10.1 Å². The van der Waals surface area contributed by atoms with Gasteiger partial charge in [0.05, 0.1) is 13.2 Å².